The predicted molar refractivity (Wildman–Crippen MR) is 69.1 cm³/mol. The van der Waals surface area contributed by atoms with Crippen molar-refractivity contribution < 1.29 is 17.9 Å². The molecule has 0 spiro atoms. The molecule has 0 saturated carbocycles. The van der Waals surface area contributed by atoms with Gasteiger partial charge in [0.1, 0.15) is 5.41 Å². The van der Waals surface area contributed by atoms with E-state index in [1.165, 1.54) is 5.38 Å². The van der Waals surface area contributed by atoms with E-state index in [-0.39, 0.29) is 18.2 Å². The van der Waals surface area contributed by atoms with Gasteiger partial charge in [0, 0.05) is 18.2 Å². The lowest BCUT2D eigenvalue weighted by Crippen LogP contribution is -2.23. The Morgan fingerprint density at radius 3 is 2.48 bits per heavy atom. The van der Waals surface area contributed by atoms with Crippen molar-refractivity contribution in [2.75, 3.05) is 6.61 Å². The predicted octanol–water partition coefficient (Wildman–Crippen LogP) is 3.07. The largest absolute Gasteiger partial charge is 0.457 e. The molecule has 0 unspecified atom stereocenters. The molecule has 1 aromatic heterocycles. The van der Waals surface area contributed by atoms with Crippen LogP contribution in [0.3, 0.4) is 0 Å². The quantitative estimate of drug-likeness (QED) is 0.757. The molecule has 8 heteroatoms. The van der Waals surface area contributed by atoms with Crippen LogP contribution in [0, 0.1) is 40.4 Å². The van der Waals surface area contributed by atoms with E-state index in [1.807, 2.05) is 0 Å². The second-order valence-electron chi connectivity index (χ2n) is 4.20. The molecule has 1 rings (SSSR count). The Kier molecular flexibility index (Phi) is 5.58. The van der Waals surface area contributed by atoms with Crippen LogP contribution in [0.1, 0.15) is 18.5 Å². The maximum Gasteiger partial charge on any atom is 0.389 e. The van der Waals surface area contributed by atoms with Crippen molar-refractivity contribution in [1.29, 1.82) is 10.5 Å². The number of terminal acetylenes is 1. The first kappa shape index (κ1) is 16.8. The topological polar surface area (TPSA) is 69.7 Å². The highest BCUT2D eigenvalue weighted by Crippen LogP contribution is 2.34. The van der Waals surface area contributed by atoms with E-state index in [0.29, 0.717) is 5.69 Å². The second-order valence-corrected chi connectivity index (χ2v) is 5.02. The van der Waals surface area contributed by atoms with Gasteiger partial charge in [0.05, 0.1) is 17.8 Å². The lowest BCUT2D eigenvalue weighted by molar-refractivity contribution is -0.138. The molecule has 1 aromatic rings. The van der Waals surface area contributed by atoms with Gasteiger partial charge in [-0.25, -0.2) is 4.98 Å². The SMILES string of the molecule is C#CCOc1nc(CC(C#N)(C#N)CCC(F)(F)F)cs1. The molecule has 1 heterocycles. The number of aromatic nitrogens is 1. The summed E-state index contributed by atoms with van der Waals surface area (Å²) in [6, 6.07) is 3.34. The van der Waals surface area contributed by atoms with Gasteiger partial charge in [-0.05, 0) is 6.42 Å². The lowest BCUT2D eigenvalue weighted by atomic mass is 9.82. The molecule has 0 aromatic carbocycles. The van der Waals surface area contributed by atoms with Crippen LogP contribution < -0.4 is 4.74 Å². The van der Waals surface area contributed by atoms with Crippen LogP contribution in [0.5, 0.6) is 5.19 Å². The van der Waals surface area contributed by atoms with Gasteiger partial charge in [-0.2, -0.15) is 23.7 Å². The van der Waals surface area contributed by atoms with Gasteiger partial charge in [-0.3, -0.25) is 0 Å². The van der Waals surface area contributed by atoms with E-state index in [4.69, 9.17) is 21.7 Å². The van der Waals surface area contributed by atoms with Gasteiger partial charge in [0.15, 0.2) is 6.61 Å². The summed E-state index contributed by atoms with van der Waals surface area (Å²) in [5.74, 6) is 2.25. The van der Waals surface area contributed by atoms with E-state index in [2.05, 4.69) is 10.9 Å². The Hall–Kier alpha value is -2.24. The van der Waals surface area contributed by atoms with Crippen molar-refractivity contribution in [3.63, 3.8) is 0 Å². The van der Waals surface area contributed by atoms with Crippen LogP contribution in [0.2, 0.25) is 0 Å². The number of rotatable bonds is 6. The Bertz CT molecular complexity index is 590. The molecule has 21 heavy (non-hydrogen) atoms. The van der Waals surface area contributed by atoms with Crippen molar-refractivity contribution >= 4 is 11.3 Å². The number of thiazole rings is 1. The fourth-order valence-electron chi connectivity index (χ4n) is 1.51. The monoisotopic (exact) mass is 313 g/mol. The second kappa shape index (κ2) is 6.97. The maximum absolute atomic E-state index is 12.3. The Morgan fingerprint density at radius 2 is 1.95 bits per heavy atom. The maximum atomic E-state index is 12.3. The molecule has 0 aliphatic rings. The smallest absolute Gasteiger partial charge is 0.389 e. The third kappa shape index (κ3) is 5.33. The zero-order chi connectivity index (χ0) is 15.9. The number of alkyl halides is 3. The molecule has 110 valence electrons. The first-order valence-electron chi connectivity index (χ1n) is 5.74. The first-order valence-corrected chi connectivity index (χ1v) is 6.62. The van der Waals surface area contributed by atoms with Crippen LogP contribution in [0.15, 0.2) is 5.38 Å². The highest BCUT2D eigenvalue weighted by molar-refractivity contribution is 7.11. The molecule has 4 nitrogen and oxygen atoms in total. The molecule has 0 fully saturated rings. The third-order valence-corrected chi connectivity index (χ3v) is 3.36. The summed E-state index contributed by atoms with van der Waals surface area (Å²) in [5.41, 5.74) is -1.43. The number of hydrogen-bond donors (Lipinski definition) is 0. The summed E-state index contributed by atoms with van der Waals surface area (Å²) < 4.78 is 41.9. The summed E-state index contributed by atoms with van der Waals surface area (Å²) >= 11 is 1.10. The summed E-state index contributed by atoms with van der Waals surface area (Å²) in [4.78, 5) is 3.99. The van der Waals surface area contributed by atoms with Gasteiger partial charge in [-0.15, -0.1) is 6.42 Å². The summed E-state index contributed by atoms with van der Waals surface area (Å²) in [5, 5.41) is 19.9. The number of halogens is 3. The van der Waals surface area contributed by atoms with Crippen molar-refractivity contribution in [1.82, 2.24) is 4.98 Å². The van der Waals surface area contributed by atoms with Crippen LogP contribution in [-0.2, 0) is 6.42 Å². The van der Waals surface area contributed by atoms with E-state index in [9.17, 15) is 13.2 Å². The molecule has 0 amide bonds. The van der Waals surface area contributed by atoms with Gasteiger partial charge < -0.3 is 4.74 Å². The molecule has 0 N–H and O–H groups in total. The minimum atomic E-state index is -4.41. The first-order chi connectivity index (χ1) is 9.84. The Balaban J connectivity index is 2.79. The van der Waals surface area contributed by atoms with Gasteiger partial charge in [-0.1, -0.05) is 17.3 Å². The zero-order valence-electron chi connectivity index (χ0n) is 10.8. The number of ether oxygens (including phenoxy) is 1. The molecule has 0 atom stereocenters. The molecule has 0 aliphatic heterocycles. The molecular weight excluding hydrogens is 303 g/mol. The normalized spacial score (nSPS) is 11.2. The molecule has 0 radical (unpaired) electrons. The number of nitriles is 2. The van der Waals surface area contributed by atoms with E-state index in [1.54, 1.807) is 12.1 Å². The summed E-state index contributed by atoms with van der Waals surface area (Å²) in [6.45, 7) is 0.0165. The minimum Gasteiger partial charge on any atom is -0.457 e. The summed E-state index contributed by atoms with van der Waals surface area (Å²) in [6.07, 6.45) is -1.38. The number of nitrogens with zero attached hydrogens (tertiary/aromatic N) is 3. The van der Waals surface area contributed by atoms with Crippen LogP contribution >= 0.6 is 11.3 Å². The van der Waals surface area contributed by atoms with E-state index >= 15 is 0 Å². The third-order valence-electron chi connectivity index (χ3n) is 2.56. The van der Waals surface area contributed by atoms with Crippen molar-refractivity contribution in [2.45, 2.75) is 25.4 Å². The van der Waals surface area contributed by atoms with Gasteiger partial charge >= 0.3 is 6.18 Å². The Labute approximate surface area is 123 Å². The standard InChI is InChI=1S/C13H10F3N3OS/c1-2-5-20-11-19-10(7-21-11)6-12(8-17,9-18)3-4-13(14,15)16/h1,7H,3-6H2. The van der Waals surface area contributed by atoms with Crippen LogP contribution in [0.25, 0.3) is 0 Å². The van der Waals surface area contributed by atoms with Crippen molar-refractivity contribution in [3.05, 3.63) is 11.1 Å². The molecule has 0 saturated heterocycles. The highest BCUT2D eigenvalue weighted by atomic mass is 32.1. The summed E-state index contributed by atoms with van der Waals surface area (Å²) in [7, 11) is 0. The van der Waals surface area contributed by atoms with Crippen molar-refractivity contribution in [2.24, 2.45) is 5.41 Å². The van der Waals surface area contributed by atoms with Crippen molar-refractivity contribution in [3.8, 4) is 29.7 Å². The minimum absolute atomic E-state index is 0.0165. The lowest BCUT2D eigenvalue weighted by Gasteiger charge is -2.18. The highest BCUT2D eigenvalue weighted by Gasteiger charge is 2.37. The van der Waals surface area contributed by atoms with E-state index in [0.717, 1.165) is 11.3 Å². The fraction of sp³-hybridized carbons (Fsp3) is 0.462. The van der Waals surface area contributed by atoms with Crippen LogP contribution in [-0.4, -0.2) is 17.8 Å². The van der Waals surface area contributed by atoms with Crippen LogP contribution in [0.4, 0.5) is 13.2 Å². The average Bonchev–Trinajstić information content (AvgIpc) is 2.88. The zero-order valence-corrected chi connectivity index (χ0v) is 11.6. The van der Waals surface area contributed by atoms with Gasteiger partial charge in [0.25, 0.3) is 5.19 Å². The van der Waals surface area contributed by atoms with E-state index < -0.39 is 24.4 Å². The average molecular weight is 313 g/mol. The van der Waals surface area contributed by atoms with Gasteiger partial charge in [0.2, 0.25) is 0 Å². The Morgan fingerprint density at radius 1 is 1.29 bits per heavy atom. The fourth-order valence-corrected chi connectivity index (χ4v) is 2.18. The molecule has 0 bridgehead atoms. The molecule has 0 aliphatic carbocycles. The number of hydrogen-bond acceptors (Lipinski definition) is 5. The molecular formula is C13H10F3N3OS.